The van der Waals surface area contributed by atoms with Gasteiger partial charge < -0.3 is 14.8 Å². The first-order chi connectivity index (χ1) is 8.19. The molecule has 4 nitrogen and oxygen atoms in total. The SMILES string of the molecule is CNC(COCCOC)c1nc(C(C)C)cs1. The summed E-state index contributed by atoms with van der Waals surface area (Å²) in [5, 5.41) is 6.45. The van der Waals surface area contributed by atoms with Gasteiger partial charge in [0.15, 0.2) is 0 Å². The molecule has 5 heteroatoms. The number of hydrogen-bond acceptors (Lipinski definition) is 5. The van der Waals surface area contributed by atoms with E-state index in [1.807, 2.05) is 7.05 Å². The maximum Gasteiger partial charge on any atom is 0.112 e. The van der Waals surface area contributed by atoms with Gasteiger partial charge in [0, 0.05) is 12.5 Å². The van der Waals surface area contributed by atoms with E-state index in [4.69, 9.17) is 9.47 Å². The van der Waals surface area contributed by atoms with Gasteiger partial charge in [-0.3, -0.25) is 0 Å². The number of ether oxygens (including phenoxy) is 2. The average Bonchev–Trinajstić information content (AvgIpc) is 2.79. The van der Waals surface area contributed by atoms with Gasteiger partial charge in [-0.15, -0.1) is 11.3 Å². The Labute approximate surface area is 107 Å². The number of nitrogens with zero attached hydrogens (tertiary/aromatic N) is 1. The summed E-state index contributed by atoms with van der Waals surface area (Å²) in [6.07, 6.45) is 0. The maximum atomic E-state index is 5.53. The molecule has 0 bridgehead atoms. The van der Waals surface area contributed by atoms with Crippen molar-refractivity contribution >= 4 is 11.3 Å². The third kappa shape index (κ3) is 4.71. The van der Waals surface area contributed by atoms with Gasteiger partial charge in [0.25, 0.3) is 0 Å². The van der Waals surface area contributed by atoms with Crippen LogP contribution in [0.1, 0.15) is 36.5 Å². The van der Waals surface area contributed by atoms with E-state index in [1.165, 1.54) is 0 Å². The van der Waals surface area contributed by atoms with E-state index in [0.717, 1.165) is 10.7 Å². The number of hydrogen-bond donors (Lipinski definition) is 1. The zero-order valence-corrected chi connectivity index (χ0v) is 11.8. The first-order valence-electron chi connectivity index (χ1n) is 5.88. The van der Waals surface area contributed by atoms with E-state index < -0.39 is 0 Å². The lowest BCUT2D eigenvalue weighted by Crippen LogP contribution is -2.22. The highest BCUT2D eigenvalue weighted by Gasteiger charge is 2.14. The molecule has 0 aliphatic heterocycles. The number of rotatable bonds is 8. The van der Waals surface area contributed by atoms with Crippen LogP contribution in [0.2, 0.25) is 0 Å². The van der Waals surface area contributed by atoms with Gasteiger partial charge in [0.05, 0.1) is 31.6 Å². The van der Waals surface area contributed by atoms with Crippen molar-refractivity contribution < 1.29 is 9.47 Å². The van der Waals surface area contributed by atoms with Crippen LogP contribution in [-0.2, 0) is 9.47 Å². The lowest BCUT2D eigenvalue weighted by molar-refractivity contribution is 0.0596. The Kier molecular flexibility index (Phi) is 6.65. The molecule has 0 fully saturated rings. The van der Waals surface area contributed by atoms with Crippen LogP contribution in [0.25, 0.3) is 0 Å². The second-order valence-electron chi connectivity index (χ2n) is 4.17. The number of likely N-dealkylation sites (N-methyl/N-ethyl adjacent to an activating group) is 1. The van der Waals surface area contributed by atoms with Gasteiger partial charge in [-0.2, -0.15) is 0 Å². The predicted molar refractivity (Wildman–Crippen MR) is 70.7 cm³/mol. The maximum absolute atomic E-state index is 5.53. The quantitative estimate of drug-likeness (QED) is 0.726. The summed E-state index contributed by atoms with van der Waals surface area (Å²) in [4.78, 5) is 4.62. The van der Waals surface area contributed by atoms with Crippen molar-refractivity contribution in [2.45, 2.75) is 25.8 Å². The fourth-order valence-corrected chi connectivity index (χ4v) is 2.42. The van der Waals surface area contributed by atoms with Crippen molar-refractivity contribution in [3.05, 3.63) is 16.1 Å². The highest BCUT2D eigenvalue weighted by Crippen LogP contribution is 2.22. The Bertz CT molecular complexity index is 315. The fraction of sp³-hybridized carbons (Fsp3) is 0.750. The van der Waals surface area contributed by atoms with Crippen LogP contribution in [0.15, 0.2) is 5.38 Å². The number of thiazole rings is 1. The zero-order valence-electron chi connectivity index (χ0n) is 11.0. The Morgan fingerprint density at radius 1 is 1.41 bits per heavy atom. The lowest BCUT2D eigenvalue weighted by Gasteiger charge is -2.13. The van der Waals surface area contributed by atoms with Crippen LogP contribution < -0.4 is 5.32 Å². The molecule has 0 aliphatic rings. The minimum absolute atomic E-state index is 0.171. The molecule has 1 N–H and O–H groups in total. The summed E-state index contributed by atoms with van der Waals surface area (Å²) in [5.41, 5.74) is 1.15. The van der Waals surface area contributed by atoms with E-state index in [0.29, 0.717) is 25.7 Å². The first kappa shape index (κ1) is 14.6. The van der Waals surface area contributed by atoms with Gasteiger partial charge in [0.2, 0.25) is 0 Å². The molecule has 1 aromatic heterocycles. The van der Waals surface area contributed by atoms with Crippen molar-refractivity contribution in [2.24, 2.45) is 0 Å². The minimum Gasteiger partial charge on any atom is -0.382 e. The molecule has 0 amide bonds. The second kappa shape index (κ2) is 7.76. The summed E-state index contributed by atoms with van der Waals surface area (Å²) < 4.78 is 10.5. The van der Waals surface area contributed by atoms with Gasteiger partial charge in [0.1, 0.15) is 5.01 Å². The van der Waals surface area contributed by atoms with E-state index in [1.54, 1.807) is 18.4 Å². The summed E-state index contributed by atoms with van der Waals surface area (Å²) in [5.74, 6) is 0.479. The van der Waals surface area contributed by atoms with Crippen molar-refractivity contribution in [1.29, 1.82) is 0 Å². The fourth-order valence-electron chi connectivity index (χ4n) is 1.35. The zero-order chi connectivity index (χ0) is 12.7. The first-order valence-corrected chi connectivity index (χ1v) is 6.76. The number of nitrogens with one attached hydrogen (secondary N) is 1. The molecule has 98 valence electrons. The summed E-state index contributed by atoms with van der Waals surface area (Å²) in [7, 11) is 3.61. The van der Waals surface area contributed by atoms with Crippen LogP contribution in [0, 0.1) is 0 Å². The van der Waals surface area contributed by atoms with Gasteiger partial charge >= 0.3 is 0 Å². The second-order valence-corrected chi connectivity index (χ2v) is 5.06. The molecule has 1 rings (SSSR count). The molecule has 0 radical (unpaired) electrons. The molecule has 1 heterocycles. The third-order valence-corrected chi connectivity index (χ3v) is 3.47. The summed E-state index contributed by atoms with van der Waals surface area (Å²) in [6, 6.07) is 0.171. The molecule has 17 heavy (non-hydrogen) atoms. The highest BCUT2D eigenvalue weighted by atomic mass is 32.1. The van der Waals surface area contributed by atoms with Gasteiger partial charge in [-0.1, -0.05) is 13.8 Å². The smallest absolute Gasteiger partial charge is 0.112 e. The molecular weight excluding hydrogens is 236 g/mol. The molecule has 0 saturated heterocycles. The lowest BCUT2D eigenvalue weighted by atomic mass is 10.2. The van der Waals surface area contributed by atoms with Crippen LogP contribution in [-0.4, -0.2) is 39.0 Å². The molecule has 0 aromatic carbocycles. The largest absolute Gasteiger partial charge is 0.382 e. The number of aromatic nitrogens is 1. The summed E-state index contributed by atoms with van der Waals surface area (Å²) in [6.45, 7) is 6.19. The minimum atomic E-state index is 0.171. The Hall–Kier alpha value is -0.490. The Morgan fingerprint density at radius 3 is 2.71 bits per heavy atom. The van der Waals surface area contributed by atoms with Crippen molar-refractivity contribution in [3.8, 4) is 0 Å². The summed E-state index contributed by atoms with van der Waals surface area (Å²) >= 11 is 1.69. The van der Waals surface area contributed by atoms with Crippen LogP contribution in [0.3, 0.4) is 0 Å². The predicted octanol–water partition coefficient (Wildman–Crippen LogP) is 2.19. The van der Waals surface area contributed by atoms with Crippen molar-refractivity contribution in [1.82, 2.24) is 10.3 Å². The van der Waals surface area contributed by atoms with Crippen molar-refractivity contribution in [3.63, 3.8) is 0 Å². The average molecular weight is 258 g/mol. The van der Waals surface area contributed by atoms with Crippen LogP contribution in [0.4, 0.5) is 0 Å². The van der Waals surface area contributed by atoms with Crippen LogP contribution in [0.5, 0.6) is 0 Å². The molecular formula is C12H22N2O2S. The number of methoxy groups -OCH3 is 1. The Balaban J connectivity index is 2.48. The molecule has 0 saturated carbocycles. The Morgan fingerprint density at radius 2 is 2.18 bits per heavy atom. The molecule has 0 aliphatic carbocycles. The highest BCUT2D eigenvalue weighted by molar-refractivity contribution is 7.09. The van der Waals surface area contributed by atoms with E-state index in [2.05, 4.69) is 29.5 Å². The van der Waals surface area contributed by atoms with Crippen LogP contribution >= 0.6 is 11.3 Å². The van der Waals surface area contributed by atoms with E-state index in [-0.39, 0.29) is 6.04 Å². The van der Waals surface area contributed by atoms with E-state index >= 15 is 0 Å². The monoisotopic (exact) mass is 258 g/mol. The van der Waals surface area contributed by atoms with Gasteiger partial charge in [-0.05, 0) is 13.0 Å². The van der Waals surface area contributed by atoms with E-state index in [9.17, 15) is 0 Å². The van der Waals surface area contributed by atoms with Crippen molar-refractivity contribution in [2.75, 3.05) is 34.0 Å². The van der Waals surface area contributed by atoms with Gasteiger partial charge in [-0.25, -0.2) is 4.98 Å². The standard InChI is InChI=1S/C12H22N2O2S/c1-9(2)11-8-17-12(14-11)10(13-3)7-16-6-5-15-4/h8-10,13H,5-7H2,1-4H3. The molecule has 1 aromatic rings. The molecule has 1 atom stereocenters. The molecule has 1 unspecified atom stereocenters. The topological polar surface area (TPSA) is 43.4 Å². The molecule has 0 spiro atoms. The third-order valence-electron chi connectivity index (χ3n) is 2.49. The normalized spacial score (nSPS) is 13.2.